The molecule has 1 unspecified atom stereocenters. The second-order valence-electron chi connectivity index (χ2n) is 3.85. The lowest BCUT2D eigenvalue weighted by molar-refractivity contribution is 0.622. The van der Waals surface area contributed by atoms with Gasteiger partial charge in [-0.15, -0.1) is 0 Å². The molecule has 0 radical (unpaired) electrons. The van der Waals surface area contributed by atoms with E-state index in [4.69, 9.17) is 5.26 Å². The molecule has 0 N–H and O–H groups in total. The molecule has 3 heteroatoms. The molecular weight excluding hydrogens is 198 g/mol. The Balaban J connectivity index is 2.31. The van der Waals surface area contributed by atoms with Gasteiger partial charge >= 0.3 is 0 Å². The molecule has 2 rings (SSSR count). The number of hydrogen-bond acceptors (Lipinski definition) is 2. The number of benzene rings is 1. The Hall–Kier alpha value is -2.08. The van der Waals surface area contributed by atoms with Crippen LogP contribution in [-0.2, 0) is 0 Å². The van der Waals surface area contributed by atoms with Crippen molar-refractivity contribution in [3.63, 3.8) is 0 Å². The molecule has 1 aromatic carbocycles. The summed E-state index contributed by atoms with van der Waals surface area (Å²) in [6, 6.07) is 10.0. The Kier molecular flexibility index (Phi) is 2.74. The van der Waals surface area contributed by atoms with Crippen molar-refractivity contribution in [2.45, 2.75) is 19.9 Å². The highest BCUT2D eigenvalue weighted by Gasteiger charge is 2.08. The fourth-order valence-electron chi connectivity index (χ4n) is 1.77. The van der Waals surface area contributed by atoms with E-state index < -0.39 is 0 Å². The lowest BCUT2D eigenvalue weighted by Crippen LogP contribution is -2.06. The molecule has 0 aliphatic rings. The smallest absolute Gasteiger partial charge is 0.0991 e. The van der Waals surface area contributed by atoms with Crippen LogP contribution in [0.5, 0.6) is 0 Å². The van der Waals surface area contributed by atoms with E-state index in [0.717, 1.165) is 5.69 Å². The Labute approximate surface area is 95.0 Å². The SMILES string of the molecule is Cc1cncn1C(C)c1ccc(C#N)cc1. The topological polar surface area (TPSA) is 41.6 Å². The first-order valence-electron chi connectivity index (χ1n) is 5.21. The number of rotatable bonds is 2. The summed E-state index contributed by atoms with van der Waals surface area (Å²) < 4.78 is 2.11. The maximum absolute atomic E-state index is 8.73. The summed E-state index contributed by atoms with van der Waals surface area (Å²) in [6.07, 6.45) is 3.68. The molecule has 0 amide bonds. The zero-order valence-electron chi connectivity index (χ0n) is 9.38. The first-order valence-corrected chi connectivity index (χ1v) is 5.21. The van der Waals surface area contributed by atoms with E-state index in [1.54, 1.807) is 0 Å². The summed E-state index contributed by atoms with van der Waals surface area (Å²) in [5.41, 5.74) is 3.01. The van der Waals surface area contributed by atoms with Gasteiger partial charge in [0.1, 0.15) is 0 Å². The molecule has 1 aromatic heterocycles. The summed E-state index contributed by atoms with van der Waals surface area (Å²) in [4.78, 5) is 4.11. The van der Waals surface area contributed by atoms with Gasteiger partial charge in [0.25, 0.3) is 0 Å². The summed E-state index contributed by atoms with van der Waals surface area (Å²) in [5.74, 6) is 0. The van der Waals surface area contributed by atoms with Gasteiger partial charge in [0.15, 0.2) is 0 Å². The highest BCUT2D eigenvalue weighted by atomic mass is 15.1. The van der Waals surface area contributed by atoms with Crippen LogP contribution < -0.4 is 0 Å². The fourth-order valence-corrected chi connectivity index (χ4v) is 1.77. The van der Waals surface area contributed by atoms with Crippen molar-refractivity contribution in [1.82, 2.24) is 9.55 Å². The van der Waals surface area contributed by atoms with Crippen LogP contribution in [0, 0.1) is 18.3 Å². The molecule has 1 heterocycles. The van der Waals surface area contributed by atoms with Crippen molar-refractivity contribution in [2.24, 2.45) is 0 Å². The van der Waals surface area contributed by atoms with Crippen LogP contribution in [0.3, 0.4) is 0 Å². The van der Waals surface area contributed by atoms with E-state index in [0.29, 0.717) is 5.56 Å². The first kappa shape index (κ1) is 10.4. The number of aromatic nitrogens is 2. The summed E-state index contributed by atoms with van der Waals surface area (Å²) in [6.45, 7) is 4.16. The molecule has 80 valence electrons. The highest BCUT2D eigenvalue weighted by molar-refractivity contribution is 5.33. The van der Waals surface area contributed by atoms with Crippen LogP contribution in [0.2, 0.25) is 0 Å². The molecule has 0 aliphatic heterocycles. The van der Waals surface area contributed by atoms with Gasteiger partial charge in [0.2, 0.25) is 0 Å². The number of aryl methyl sites for hydroxylation is 1. The zero-order chi connectivity index (χ0) is 11.5. The Morgan fingerprint density at radius 1 is 1.31 bits per heavy atom. The van der Waals surface area contributed by atoms with Crippen molar-refractivity contribution in [1.29, 1.82) is 5.26 Å². The van der Waals surface area contributed by atoms with Crippen molar-refractivity contribution in [3.05, 3.63) is 53.6 Å². The lowest BCUT2D eigenvalue weighted by atomic mass is 10.1. The van der Waals surface area contributed by atoms with E-state index in [2.05, 4.69) is 22.5 Å². The van der Waals surface area contributed by atoms with Crippen molar-refractivity contribution >= 4 is 0 Å². The molecule has 0 saturated carbocycles. The largest absolute Gasteiger partial charge is 0.328 e. The Morgan fingerprint density at radius 3 is 2.50 bits per heavy atom. The minimum atomic E-state index is 0.246. The van der Waals surface area contributed by atoms with Gasteiger partial charge in [-0.25, -0.2) is 4.98 Å². The van der Waals surface area contributed by atoms with Gasteiger partial charge in [-0.3, -0.25) is 0 Å². The maximum atomic E-state index is 8.73. The van der Waals surface area contributed by atoms with Crippen LogP contribution in [0.4, 0.5) is 0 Å². The van der Waals surface area contributed by atoms with Crippen LogP contribution in [0.15, 0.2) is 36.8 Å². The molecule has 2 aromatic rings. The van der Waals surface area contributed by atoms with Crippen LogP contribution in [0.25, 0.3) is 0 Å². The predicted molar refractivity (Wildman–Crippen MR) is 61.9 cm³/mol. The van der Waals surface area contributed by atoms with Gasteiger partial charge in [-0.1, -0.05) is 12.1 Å². The van der Waals surface area contributed by atoms with Crippen molar-refractivity contribution in [2.75, 3.05) is 0 Å². The third-order valence-electron chi connectivity index (χ3n) is 2.80. The monoisotopic (exact) mass is 211 g/mol. The third-order valence-corrected chi connectivity index (χ3v) is 2.80. The van der Waals surface area contributed by atoms with Gasteiger partial charge in [-0.2, -0.15) is 5.26 Å². The standard InChI is InChI=1S/C13H13N3/c1-10-8-15-9-16(10)11(2)13-5-3-12(7-14)4-6-13/h3-6,8-9,11H,1-2H3. The predicted octanol–water partition coefficient (Wildman–Crippen LogP) is 2.67. The molecule has 0 saturated heterocycles. The molecule has 1 atom stereocenters. The number of imidazole rings is 1. The van der Waals surface area contributed by atoms with E-state index in [1.807, 2.05) is 43.7 Å². The van der Waals surface area contributed by atoms with Crippen molar-refractivity contribution < 1.29 is 0 Å². The molecule has 0 fully saturated rings. The maximum Gasteiger partial charge on any atom is 0.0991 e. The fraction of sp³-hybridized carbons (Fsp3) is 0.231. The Bertz CT molecular complexity index is 517. The minimum absolute atomic E-state index is 0.246. The van der Waals surface area contributed by atoms with Crippen LogP contribution in [-0.4, -0.2) is 9.55 Å². The van der Waals surface area contributed by atoms with Gasteiger partial charge in [0.05, 0.1) is 24.0 Å². The average molecular weight is 211 g/mol. The van der Waals surface area contributed by atoms with Gasteiger partial charge < -0.3 is 4.57 Å². The van der Waals surface area contributed by atoms with Crippen LogP contribution in [0.1, 0.15) is 29.8 Å². The molecule has 0 aliphatic carbocycles. The van der Waals surface area contributed by atoms with E-state index in [9.17, 15) is 0 Å². The second kappa shape index (κ2) is 4.19. The minimum Gasteiger partial charge on any atom is -0.328 e. The van der Waals surface area contributed by atoms with Gasteiger partial charge in [-0.05, 0) is 31.5 Å². The average Bonchev–Trinajstić information content (AvgIpc) is 2.75. The third kappa shape index (κ3) is 1.82. The first-order chi connectivity index (χ1) is 7.72. The summed E-state index contributed by atoms with van der Waals surface area (Å²) in [5, 5.41) is 8.73. The number of nitriles is 1. The van der Waals surface area contributed by atoms with E-state index in [1.165, 1.54) is 5.56 Å². The molecule has 3 nitrogen and oxygen atoms in total. The number of nitrogens with zero attached hydrogens (tertiary/aromatic N) is 3. The Morgan fingerprint density at radius 2 is 2.00 bits per heavy atom. The summed E-state index contributed by atoms with van der Waals surface area (Å²) >= 11 is 0. The lowest BCUT2D eigenvalue weighted by Gasteiger charge is -2.15. The van der Waals surface area contributed by atoms with E-state index in [-0.39, 0.29) is 6.04 Å². The number of hydrogen-bond donors (Lipinski definition) is 0. The summed E-state index contributed by atoms with van der Waals surface area (Å²) in [7, 11) is 0. The van der Waals surface area contributed by atoms with E-state index >= 15 is 0 Å². The quantitative estimate of drug-likeness (QED) is 0.766. The van der Waals surface area contributed by atoms with Crippen LogP contribution >= 0.6 is 0 Å². The van der Waals surface area contributed by atoms with Crippen molar-refractivity contribution in [3.8, 4) is 6.07 Å². The molecular formula is C13H13N3. The highest BCUT2D eigenvalue weighted by Crippen LogP contribution is 2.19. The molecule has 0 bridgehead atoms. The second-order valence-corrected chi connectivity index (χ2v) is 3.85. The molecule has 16 heavy (non-hydrogen) atoms. The zero-order valence-corrected chi connectivity index (χ0v) is 9.38. The normalized spacial score (nSPS) is 12.1. The molecule has 0 spiro atoms. The van der Waals surface area contributed by atoms with Gasteiger partial charge in [0, 0.05) is 11.9 Å².